The van der Waals surface area contributed by atoms with E-state index in [4.69, 9.17) is 9.98 Å². The van der Waals surface area contributed by atoms with Crippen molar-refractivity contribution in [1.82, 2.24) is 9.88 Å². The van der Waals surface area contributed by atoms with Gasteiger partial charge in [0.05, 0.1) is 22.4 Å². The minimum atomic E-state index is 0.853. The molecule has 0 amide bonds. The van der Waals surface area contributed by atoms with Gasteiger partial charge in [0.25, 0.3) is 0 Å². The van der Waals surface area contributed by atoms with Gasteiger partial charge in [-0.05, 0) is 61.1 Å². The Morgan fingerprint density at radius 1 is 1.17 bits per heavy atom. The molecule has 1 aromatic heterocycles. The van der Waals surface area contributed by atoms with Crippen molar-refractivity contribution in [2.75, 3.05) is 26.2 Å². The summed E-state index contributed by atoms with van der Waals surface area (Å²) in [4.78, 5) is 12.1. The zero-order valence-corrected chi connectivity index (χ0v) is 15.6. The second kappa shape index (κ2) is 7.54. The summed E-state index contributed by atoms with van der Waals surface area (Å²) >= 11 is 3.73. The Labute approximate surface area is 146 Å². The van der Waals surface area contributed by atoms with E-state index in [-0.39, 0.29) is 0 Å². The van der Waals surface area contributed by atoms with Crippen LogP contribution in [0.3, 0.4) is 0 Å². The van der Waals surface area contributed by atoms with Gasteiger partial charge >= 0.3 is 0 Å². The van der Waals surface area contributed by atoms with Gasteiger partial charge < -0.3 is 4.90 Å². The first-order valence-electron chi connectivity index (χ1n) is 8.45. The van der Waals surface area contributed by atoms with E-state index >= 15 is 0 Å². The molecule has 0 spiro atoms. The topological polar surface area (TPSA) is 28.5 Å². The van der Waals surface area contributed by atoms with Crippen LogP contribution in [0.2, 0.25) is 0 Å². The summed E-state index contributed by atoms with van der Waals surface area (Å²) in [6.07, 6.45) is 4.05. The Kier molecular flexibility index (Phi) is 5.44. The molecule has 2 heterocycles. The monoisotopic (exact) mass is 373 g/mol. The molecule has 0 aliphatic carbocycles. The van der Waals surface area contributed by atoms with Crippen LogP contribution in [-0.2, 0) is 0 Å². The van der Waals surface area contributed by atoms with E-state index in [1.54, 1.807) is 0 Å². The van der Waals surface area contributed by atoms with E-state index < -0.39 is 0 Å². The second-order valence-electron chi connectivity index (χ2n) is 6.27. The summed E-state index contributed by atoms with van der Waals surface area (Å²) in [5, 5.41) is 2.41. The van der Waals surface area contributed by atoms with Crippen molar-refractivity contribution < 1.29 is 0 Å². The van der Waals surface area contributed by atoms with Crippen molar-refractivity contribution in [3.8, 4) is 0 Å². The maximum Gasteiger partial charge on any atom is 0.0988 e. The number of hydrogen-bond acceptors (Lipinski definition) is 3. The molecule has 0 unspecified atom stereocenters. The number of aromatic nitrogens is 1. The van der Waals surface area contributed by atoms with Crippen LogP contribution in [0.1, 0.15) is 37.6 Å². The van der Waals surface area contributed by atoms with Crippen LogP contribution >= 0.6 is 15.9 Å². The molecule has 23 heavy (non-hydrogen) atoms. The molecular formula is C19H24BrN3. The van der Waals surface area contributed by atoms with Gasteiger partial charge in [0.2, 0.25) is 0 Å². The van der Waals surface area contributed by atoms with Gasteiger partial charge in [0.15, 0.2) is 0 Å². The molecule has 2 aromatic rings. The number of aliphatic imine (C=N–C) groups is 1. The van der Waals surface area contributed by atoms with Gasteiger partial charge in [-0.25, -0.2) is 0 Å². The fourth-order valence-corrected chi connectivity index (χ4v) is 3.97. The number of nitrogens with zero attached hydrogens (tertiary/aromatic N) is 3. The van der Waals surface area contributed by atoms with Crippen molar-refractivity contribution in [2.24, 2.45) is 4.99 Å². The zero-order valence-electron chi connectivity index (χ0n) is 14.0. The number of halogens is 1. The van der Waals surface area contributed by atoms with Crippen LogP contribution in [0.5, 0.6) is 0 Å². The van der Waals surface area contributed by atoms with Gasteiger partial charge in [-0.15, -0.1) is 0 Å². The smallest absolute Gasteiger partial charge is 0.0988 e. The van der Waals surface area contributed by atoms with Gasteiger partial charge in [-0.1, -0.05) is 30.7 Å². The maximum absolute atomic E-state index is 4.78. The summed E-state index contributed by atoms with van der Waals surface area (Å²) in [6.45, 7) is 8.50. The molecule has 1 aliphatic heterocycles. The number of piperidine rings is 1. The van der Waals surface area contributed by atoms with Crippen LogP contribution in [0.4, 0.5) is 0 Å². The van der Waals surface area contributed by atoms with Crippen molar-refractivity contribution in [2.45, 2.75) is 33.1 Å². The van der Waals surface area contributed by atoms with Crippen LogP contribution in [0.25, 0.3) is 10.8 Å². The second-order valence-corrected chi connectivity index (χ2v) is 7.07. The van der Waals surface area contributed by atoms with Crippen LogP contribution in [-0.4, -0.2) is 41.8 Å². The number of likely N-dealkylation sites (tertiary alicyclic amines) is 1. The van der Waals surface area contributed by atoms with E-state index in [1.807, 2.05) is 0 Å². The van der Waals surface area contributed by atoms with E-state index in [0.717, 1.165) is 34.7 Å². The lowest BCUT2D eigenvalue weighted by Gasteiger charge is -2.25. The fourth-order valence-electron chi connectivity index (χ4n) is 3.25. The molecule has 1 aliphatic rings. The summed E-state index contributed by atoms with van der Waals surface area (Å²) in [5.74, 6) is 0. The van der Waals surface area contributed by atoms with E-state index in [0.29, 0.717) is 0 Å². The highest BCUT2D eigenvalue weighted by atomic mass is 79.9. The highest BCUT2D eigenvalue weighted by molar-refractivity contribution is 9.10. The third-order valence-corrected chi connectivity index (χ3v) is 5.40. The summed E-state index contributed by atoms with van der Waals surface area (Å²) in [7, 11) is 0. The molecule has 4 heteroatoms. The highest BCUT2D eigenvalue weighted by Gasteiger charge is 2.12. The van der Waals surface area contributed by atoms with Gasteiger partial charge in [0, 0.05) is 17.6 Å². The van der Waals surface area contributed by atoms with Crippen LogP contribution < -0.4 is 0 Å². The third kappa shape index (κ3) is 3.81. The van der Waals surface area contributed by atoms with Gasteiger partial charge in [0.1, 0.15) is 0 Å². The van der Waals surface area contributed by atoms with Gasteiger partial charge in [-0.2, -0.15) is 0 Å². The molecule has 0 bridgehead atoms. The van der Waals surface area contributed by atoms with Crippen molar-refractivity contribution in [1.29, 1.82) is 0 Å². The van der Waals surface area contributed by atoms with E-state index in [1.165, 1.54) is 43.1 Å². The average Bonchev–Trinajstić information content (AvgIpc) is 2.59. The molecule has 0 N–H and O–H groups in total. The lowest BCUT2D eigenvalue weighted by Crippen LogP contribution is -2.32. The zero-order chi connectivity index (χ0) is 16.2. The van der Waals surface area contributed by atoms with Crippen molar-refractivity contribution >= 4 is 32.4 Å². The number of benzene rings is 1. The molecule has 1 fully saturated rings. The first-order chi connectivity index (χ1) is 11.2. The number of hydrogen-bond donors (Lipinski definition) is 0. The van der Waals surface area contributed by atoms with Crippen molar-refractivity contribution in [3.63, 3.8) is 0 Å². The van der Waals surface area contributed by atoms with Crippen LogP contribution in [0.15, 0.2) is 33.7 Å². The molecule has 0 saturated carbocycles. The number of pyridine rings is 1. The third-order valence-electron chi connectivity index (χ3n) is 4.60. The molecule has 1 saturated heterocycles. The lowest BCUT2D eigenvalue weighted by atomic mass is 10.1. The largest absolute Gasteiger partial charge is 0.301 e. The first kappa shape index (κ1) is 16.6. The van der Waals surface area contributed by atoms with E-state index in [2.05, 4.69) is 58.9 Å². The highest BCUT2D eigenvalue weighted by Crippen LogP contribution is 2.28. The maximum atomic E-state index is 4.78. The summed E-state index contributed by atoms with van der Waals surface area (Å²) < 4.78 is 1.05. The Balaban J connectivity index is 1.78. The standard InChI is InChI=1S/C19H24BrN3/c1-14-16-8-4-5-9-17(16)18(20)19(22-14)15(2)21-10-13-23-11-6-3-7-12-23/h4-5,8-9H,3,6-7,10-13H2,1-2H3. The number of fused-ring (bicyclic) bond motifs is 1. The molecule has 3 rings (SSSR count). The van der Waals surface area contributed by atoms with E-state index in [9.17, 15) is 0 Å². The predicted octanol–water partition coefficient (Wildman–Crippen LogP) is 4.60. The molecule has 0 radical (unpaired) electrons. The minimum Gasteiger partial charge on any atom is -0.301 e. The molecule has 1 aromatic carbocycles. The Morgan fingerprint density at radius 3 is 2.61 bits per heavy atom. The number of rotatable bonds is 4. The lowest BCUT2D eigenvalue weighted by molar-refractivity contribution is 0.235. The van der Waals surface area contributed by atoms with Gasteiger partial charge in [-0.3, -0.25) is 9.98 Å². The minimum absolute atomic E-state index is 0.853. The Bertz CT molecular complexity index is 718. The summed E-state index contributed by atoms with van der Waals surface area (Å²) in [5.41, 5.74) is 3.05. The fraction of sp³-hybridized carbons (Fsp3) is 0.474. The Morgan fingerprint density at radius 2 is 1.87 bits per heavy atom. The number of aryl methyl sites for hydroxylation is 1. The van der Waals surface area contributed by atoms with Crippen molar-refractivity contribution in [3.05, 3.63) is 40.1 Å². The molecule has 3 nitrogen and oxygen atoms in total. The Hall–Kier alpha value is -1.26. The quantitative estimate of drug-likeness (QED) is 0.732. The molecule has 122 valence electrons. The predicted molar refractivity (Wildman–Crippen MR) is 102 cm³/mol. The SMILES string of the molecule is CC(=NCCN1CCCCC1)c1nc(C)c2ccccc2c1Br. The molecule has 0 atom stereocenters. The first-order valence-corrected chi connectivity index (χ1v) is 9.25. The summed E-state index contributed by atoms with van der Waals surface area (Å²) in [6, 6.07) is 8.38. The average molecular weight is 374 g/mol. The normalized spacial score (nSPS) is 16.9. The van der Waals surface area contributed by atoms with Crippen LogP contribution in [0, 0.1) is 6.92 Å². The molecular weight excluding hydrogens is 350 g/mol.